The molecule has 0 spiro atoms. The minimum atomic E-state index is -1.56. The van der Waals surface area contributed by atoms with Crippen molar-refractivity contribution in [2.45, 2.75) is 62.7 Å². The third-order valence-corrected chi connectivity index (χ3v) is 5.88. The molecular weight excluding hydrogens is 364 g/mol. The molecule has 6 N–H and O–H groups in total. The summed E-state index contributed by atoms with van der Waals surface area (Å²) in [4.78, 5) is 0. The first kappa shape index (κ1) is 20.9. The van der Waals surface area contributed by atoms with Gasteiger partial charge in [0.15, 0.2) is 12.6 Å². The molecule has 10 heteroatoms. The second-order valence-corrected chi connectivity index (χ2v) is 7.39. The van der Waals surface area contributed by atoms with Crippen molar-refractivity contribution >= 4 is 0 Å². The average Bonchev–Trinajstić information content (AvgIpc) is 2.96. The standard InChI is InChI=1S/C17H28O10/c1-6-9(19)3-7-8(15(23)24-2)5-25-16(11(6)7)27-17-14(22)13(21)12(20)10(4-18)26-17/h5-7,9-23H,3-4H2,1-2H3. The van der Waals surface area contributed by atoms with Crippen molar-refractivity contribution < 1.29 is 49.6 Å². The molecule has 11 atom stereocenters. The van der Waals surface area contributed by atoms with E-state index in [0.29, 0.717) is 12.0 Å². The molecule has 0 radical (unpaired) electrons. The second-order valence-electron chi connectivity index (χ2n) is 7.39. The van der Waals surface area contributed by atoms with Gasteiger partial charge in [-0.25, -0.2) is 0 Å². The van der Waals surface area contributed by atoms with E-state index in [2.05, 4.69) is 0 Å². The molecule has 156 valence electrons. The lowest BCUT2D eigenvalue weighted by Gasteiger charge is -2.43. The maximum Gasteiger partial charge on any atom is 0.205 e. The highest BCUT2D eigenvalue weighted by atomic mass is 16.8. The van der Waals surface area contributed by atoms with Gasteiger partial charge in [-0.1, -0.05) is 6.92 Å². The van der Waals surface area contributed by atoms with Crippen molar-refractivity contribution in [3.8, 4) is 0 Å². The molecular formula is C17H28O10. The molecule has 3 rings (SSSR count). The van der Waals surface area contributed by atoms with Gasteiger partial charge >= 0.3 is 0 Å². The largest absolute Gasteiger partial charge is 0.472 e. The lowest BCUT2D eigenvalue weighted by atomic mass is 9.83. The first-order valence-corrected chi connectivity index (χ1v) is 9.00. The van der Waals surface area contributed by atoms with Crippen molar-refractivity contribution in [2.24, 2.45) is 17.8 Å². The highest BCUT2D eigenvalue weighted by molar-refractivity contribution is 5.16. The van der Waals surface area contributed by atoms with Crippen LogP contribution >= 0.6 is 0 Å². The summed E-state index contributed by atoms with van der Waals surface area (Å²) >= 11 is 0. The van der Waals surface area contributed by atoms with Crippen molar-refractivity contribution in [1.29, 1.82) is 0 Å². The zero-order valence-electron chi connectivity index (χ0n) is 15.2. The maximum atomic E-state index is 10.3. The highest BCUT2D eigenvalue weighted by Crippen LogP contribution is 2.48. The molecule has 3 aliphatic rings. The van der Waals surface area contributed by atoms with E-state index in [1.165, 1.54) is 13.4 Å². The Labute approximate surface area is 156 Å². The summed E-state index contributed by atoms with van der Waals surface area (Å²) in [6, 6.07) is 0. The van der Waals surface area contributed by atoms with Crippen molar-refractivity contribution in [2.75, 3.05) is 13.7 Å². The van der Waals surface area contributed by atoms with Crippen LogP contribution in [-0.2, 0) is 18.9 Å². The number of methoxy groups -OCH3 is 1. The van der Waals surface area contributed by atoms with Gasteiger partial charge in [-0.2, -0.15) is 0 Å². The van der Waals surface area contributed by atoms with Crippen LogP contribution in [0.1, 0.15) is 13.3 Å². The normalized spacial score (nSPS) is 48.5. The van der Waals surface area contributed by atoms with Crippen LogP contribution in [0.25, 0.3) is 0 Å². The number of hydrogen-bond acceptors (Lipinski definition) is 10. The predicted molar refractivity (Wildman–Crippen MR) is 87.6 cm³/mol. The van der Waals surface area contributed by atoms with Crippen LogP contribution in [0, 0.1) is 17.8 Å². The summed E-state index contributed by atoms with van der Waals surface area (Å²) in [5, 5.41) is 59.6. The molecule has 2 aliphatic heterocycles. The Morgan fingerprint density at radius 1 is 1.15 bits per heavy atom. The zero-order chi connectivity index (χ0) is 19.9. The smallest absolute Gasteiger partial charge is 0.205 e. The summed E-state index contributed by atoms with van der Waals surface area (Å²) < 4.78 is 21.7. The second kappa shape index (κ2) is 8.27. The van der Waals surface area contributed by atoms with Gasteiger partial charge in [0.1, 0.15) is 24.4 Å². The summed E-state index contributed by atoms with van der Waals surface area (Å²) in [6.45, 7) is 1.26. The van der Waals surface area contributed by atoms with E-state index in [0.717, 1.165) is 0 Å². The van der Waals surface area contributed by atoms with Gasteiger partial charge in [-0.3, -0.25) is 0 Å². The van der Waals surface area contributed by atoms with Crippen LogP contribution in [0.2, 0.25) is 0 Å². The Bertz CT molecular complexity index is 540. The molecule has 0 amide bonds. The van der Waals surface area contributed by atoms with Crippen LogP contribution < -0.4 is 0 Å². The SMILES string of the molecule is COC(O)C1=COC(OC2OC(CO)C(O)C(O)C2O)C2C1CC(O)C2C. The molecule has 2 fully saturated rings. The highest BCUT2D eigenvalue weighted by Gasteiger charge is 2.53. The van der Waals surface area contributed by atoms with Crippen molar-refractivity contribution in [1.82, 2.24) is 0 Å². The number of ether oxygens (including phenoxy) is 4. The fourth-order valence-corrected chi connectivity index (χ4v) is 4.19. The van der Waals surface area contributed by atoms with Gasteiger partial charge in [0, 0.05) is 18.6 Å². The van der Waals surface area contributed by atoms with Crippen molar-refractivity contribution in [3.63, 3.8) is 0 Å². The van der Waals surface area contributed by atoms with Gasteiger partial charge in [-0.15, -0.1) is 0 Å². The predicted octanol–water partition coefficient (Wildman–Crippen LogP) is -2.36. The Hall–Kier alpha value is -0.820. The first-order valence-electron chi connectivity index (χ1n) is 9.00. The summed E-state index contributed by atoms with van der Waals surface area (Å²) in [7, 11) is 1.35. The van der Waals surface area contributed by atoms with E-state index >= 15 is 0 Å². The Morgan fingerprint density at radius 3 is 2.48 bits per heavy atom. The summed E-state index contributed by atoms with van der Waals surface area (Å²) in [5.74, 6) is -0.872. The molecule has 0 aromatic rings. The van der Waals surface area contributed by atoms with E-state index < -0.39 is 56.0 Å². The van der Waals surface area contributed by atoms with E-state index in [1.54, 1.807) is 0 Å². The van der Waals surface area contributed by atoms with Gasteiger partial charge in [0.2, 0.25) is 6.29 Å². The van der Waals surface area contributed by atoms with Gasteiger partial charge in [0.25, 0.3) is 0 Å². The minimum Gasteiger partial charge on any atom is -0.472 e. The molecule has 0 aromatic heterocycles. The maximum absolute atomic E-state index is 10.3. The summed E-state index contributed by atoms with van der Waals surface area (Å²) in [6.07, 6.45) is -8.10. The lowest BCUT2D eigenvalue weighted by Crippen LogP contribution is -2.60. The third kappa shape index (κ3) is 3.74. The van der Waals surface area contributed by atoms with E-state index in [1.807, 2.05) is 6.92 Å². The molecule has 2 heterocycles. The quantitative estimate of drug-likeness (QED) is 0.280. The van der Waals surface area contributed by atoms with Crippen molar-refractivity contribution in [3.05, 3.63) is 11.8 Å². The van der Waals surface area contributed by atoms with E-state index in [4.69, 9.17) is 18.9 Å². The van der Waals surface area contributed by atoms with Gasteiger partial charge in [-0.05, 0) is 18.3 Å². The molecule has 1 saturated heterocycles. The van der Waals surface area contributed by atoms with E-state index in [9.17, 15) is 30.6 Å². The number of aliphatic hydroxyl groups excluding tert-OH is 6. The lowest BCUT2D eigenvalue weighted by molar-refractivity contribution is -0.343. The van der Waals surface area contributed by atoms with Crippen LogP contribution in [0.15, 0.2) is 11.8 Å². The molecule has 0 aromatic carbocycles. The fourth-order valence-electron chi connectivity index (χ4n) is 4.19. The van der Waals surface area contributed by atoms with Gasteiger partial charge in [0.05, 0.1) is 19.0 Å². The third-order valence-electron chi connectivity index (χ3n) is 5.88. The number of rotatable bonds is 5. The first-order chi connectivity index (χ1) is 12.8. The molecule has 11 unspecified atom stereocenters. The average molecular weight is 392 g/mol. The van der Waals surface area contributed by atoms with Crippen LogP contribution in [0.4, 0.5) is 0 Å². The molecule has 10 nitrogen and oxygen atoms in total. The molecule has 27 heavy (non-hydrogen) atoms. The number of hydrogen-bond donors (Lipinski definition) is 6. The Kier molecular flexibility index (Phi) is 6.41. The topological polar surface area (TPSA) is 158 Å². The number of fused-ring (bicyclic) bond motifs is 1. The summed E-state index contributed by atoms with van der Waals surface area (Å²) in [5.41, 5.74) is 0.486. The molecule has 0 bridgehead atoms. The van der Waals surface area contributed by atoms with Crippen LogP contribution in [-0.4, -0.2) is 93.7 Å². The Balaban J connectivity index is 1.79. The van der Waals surface area contributed by atoms with Crippen LogP contribution in [0.3, 0.4) is 0 Å². The minimum absolute atomic E-state index is 0.238. The van der Waals surface area contributed by atoms with E-state index in [-0.39, 0.29) is 17.8 Å². The van der Waals surface area contributed by atoms with Gasteiger partial charge < -0.3 is 49.6 Å². The molecule has 1 aliphatic carbocycles. The van der Waals surface area contributed by atoms with Crippen LogP contribution in [0.5, 0.6) is 0 Å². The Morgan fingerprint density at radius 2 is 1.85 bits per heavy atom. The number of aliphatic hydroxyl groups is 6. The monoisotopic (exact) mass is 392 g/mol. The zero-order valence-corrected chi connectivity index (χ0v) is 15.2. The molecule has 1 saturated carbocycles. The fraction of sp³-hybridized carbons (Fsp3) is 0.882.